The van der Waals surface area contributed by atoms with Crippen LogP contribution in [0.15, 0.2) is 11.6 Å². The van der Waals surface area contributed by atoms with E-state index in [1.807, 2.05) is 0 Å². The summed E-state index contributed by atoms with van der Waals surface area (Å²) in [7, 11) is 0. The normalized spacial score (nSPS) is 14.4. The minimum absolute atomic E-state index is 0.157. The van der Waals surface area contributed by atoms with E-state index in [4.69, 9.17) is 5.11 Å². The van der Waals surface area contributed by atoms with E-state index < -0.39 is 5.97 Å². The zero-order valence-electron chi connectivity index (χ0n) is 7.51. The van der Waals surface area contributed by atoms with Gasteiger partial charge in [-0.25, -0.2) is 4.79 Å². The average molecular weight is 282 g/mol. The number of hydrogen-bond donors (Lipinski definition) is 1. The van der Waals surface area contributed by atoms with Crippen molar-refractivity contribution in [2.75, 3.05) is 0 Å². The van der Waals surface area contributed by atoms with Gasteiger partial charge in [0, 0.05) is 9.50 Å². The van der Waals surface area contributed by atoms with Crippen molar-refractivity contribution in [2.24, 2.45) is 0 Å². The van der Waals surface area contributed by atoms with E-state index in [1.165, 1.54) is 0 Å². The molecule has 0 bridgehead atoms. The van der Waals surface area contributed by atoms with Gasteiger partial charge >= 0.3 is 5.97 Å². The van der Waals surface area contributed by atoms with Gasteiger partial charge in [-0.05, 0) is 13.3 Å². The van der Waals surface area contributed by atoms with Gasteiger partial charge in [0.25, 0.3) is 0 Å². The minimum atomic E-state index is -0.784. The van der Waals surface area contributed by atoms with Crippen molar-refractivity contribution in [2.45, 2.75) is 37.0 Å². The number of allylic oxidation sites excluding steroid dienone is 1. The molecule has 0 saturated carbocycles. The second-order valence-electron chi connectivity index (χ2n) is 2.66. The SMILES string of the molecule is CC=C(C(=O)O)C(I)CCCC. The molecule has 70 valence electrons. The third-order valence-corrected chi connectivity index (χ3v) is 3.00. The van der Waals surface area contributed by atoms with Crippen molar-refractivity contribution >= 4 is 28.6 Å². The lowest BCUT2D eigenvalue weighted by Gasteiger charge is -2.08. The maximum Gasteiger partial charge on any atom is 0.332 e. The van der Waals surface area contributed by atoms with Crippen LogP contribution in [0.2, 0.25) is 0 Å². The van der Waals surface area contributed by atoms with Crippen molar-refractivity contribution in [1.29, 1.82) is 0 Å². The van der Waals surface area contributed by atoms with Crippen molar-refractivity contribution in [3.05, 3.63) is 11.6 Å². The lowest BCUT2D eigenvalue weighted by atomic mass is 10.1. The number of carboxylic acid groups (broad SMARTS) is 1. The van der Waals surface area contributed by atoms with Gasteiger partial charge in [-0.1, -0.05) is 48.4 Å². The van der Waals surface area contributed by atoms with E-state index in [9.17, 15) is 4.79 Å². The van der Waals surface area contributed by atoms with Crippen LogP contribution in [0.1, 0.15) is 33.1 Å². The number of rotatable bonds is 5. The first-order valence-electron chi connectivity index (χ1n) is 4.17. The Labute approximate surface area is 87.2 Å². The summed E-state index contributed by atoms with van der Waals surface area (Å²) >= 11 is 2.19. The van der Waals surface area contributed by atoms with Crippen LogP contribution >= 0.6 is 22.6 Å². The average Bonchev–Trinajstić information content (AvgIpc) is 2.01. The Morgan fingerprint density at radius 3 is 2.58 bits per heavy atom. The van der Waals surface area contributed by atoms with E-state index in [1.54, 1.807) is 13.0 Å². The van der Waals surface area contributed by atoms with Crippen molar-refractivity contribution in [3.8, 4) is 0 Å². The summed E-state index contributed by atoms with van der Waals surface area (Å²) in [5, 5.41) is 8.77. The van der Waals surface area contributed by atoms with Gasteiger partial charge in [0.15, 0.2) is 0 Å². The zero-order valence-corrected chi connectivity index (χ0v) is 9.67. The Balaban J connectivity index is 4.05. The summed E-state index contributed by atoms with van der Waals surface area (Å²) in [4.78, 5) is 10.7. The molecule has 2 nitrogen and oxygen atoms in total. The highest BCUT2D eigenvalue weighted by Crippen LogP contribution is 2.19. The Morgan fingerprint density at radius 1 is 1.67 bits per heavy atom. The summed E-state index contributed by atoms with van der Waals surface area (Å²) in [6, 6.07) is 0. The monoisotopic (exact) mass is 282 g/mol. The van der Waals surface area contributed by atoms with Crippen LogP contribution in [0.3, 0.4) is 0 Å². The molecule has 0 rings (SSSR count). The molecule has 0 radical (unpaired) electrons. The molecule has 0 spiro atoms. The smallest absolute Gasteiger partial charge is 0.332 e. The van der Waals surface area contributed by atoms with Gasteiger partial charge in [-0.3, -0.25) is 0 Å². The second kappa shape index (κ2) is 6.46. The van der Waals surface area contributed by atoms with Gasteiger partial charge in [-0.15, -0.1) is 0 Å². The van der Waals surface area contributed by atoms with Gasteiger partial charge in [-0.2, -0.15) is 0 Å². The molecule has 1 N–H and O–H groups in total. The molecule has 0 aliphatic rings. The predicted octanol–water partition coefficient (Wildman–Crippen LogP) is 3.01. The number of alkyl halides is 1. The first-order chi connectivity index (χ1) is 5.63. The number of aliphatic carboxylic acids is 1. The molecule has 0 heterocycles. The number of carbonyl (C=O) groups is 1. The molecule has 0 aromatic rings. The molecule has 0 aliphatic heterocycles. The summed E-state index contributed by atoms with van der Waals surface area (Å²) in [6.07, 6.45) is 4.87. The van der Waals surface area contributed by atoms with Crippen LogP contribution in [0.4, 0.5) is 0 Å². The molecular weight excluding hydrogens is 267 g/mol. The number of hydrogen-bond acceptors (Lipinski definition) is 1. The summed E-state index contributed by atoms with van der Waals surface area (Å²) in [5.41, 5.74) is 0.532. The van der Waals surface area contributed by atoms with Crippen LogP contribution in [-0.2, 0) is 4.79 Å². The van der Waals surface area contributed by atoms with Gasteiger partial charge in [0.2, 0.25) is 0 Å². The van der Waals surface area contributed by atoms with Crippen LogP contribution < -0.4 is 0 Å². The van der Waals surface area contributed by atoms with Crippen molar-refractivity contribution in [3.63, 3.8) is 0 Å². The number of carboxylic acids is 1. The number of unbranched alkanes of at least 4 members (excludes halogenated alkanes) is 1. The number of halogens is 1. The Kier molecular flexibility index (Phi) is 6.42. The topological polar surface area (TPSA) is 37.3 Å². The Bertz CT molecular complexity index is 175. The largest absolute Gasteiger partial charge is 0.478 e. The Hall–Kier alpha value is -0.0600. The fraction of sp³-hybridized carbons (Fsp3) is 0.667. The van der Waals surface area contributed by atoms with E-state index in [-0.39, 0.29) is 3.92 Å². The minimum Gasteiger partial charge on any atom is -0.478 e. The molecule has 0 aliphatic carbocycles. The van der Waals surface area contributed by atoms with Gasteiger partial charge < -0.3 is 5.11 Å². The molecular formula is C9H15IO2. The molecule has 0 aromatic heterocycles. The van der Waals surface area contributed by atoms with Gasteiger partial charge in [0.05, 0.1) is 0 Å². The maximum absolute atomic E-state index is 10.7. The van der Waals surface area contributed by atoms with Crippen molar-refractivity contribution in [1.82, 2.24) is 0 Å². The van der Waals surface area contributed by atoms with E-state index in [0.29, 0.717) is 5.57 Å². The standard InChI is InChI=1S/C9H15IO2/c1-3-5-6-8(10)7(4-2)9(11)12/h4,8H,3,5-6H2,1-2H3,(H,11,12). The lowest BCUT2D eigenvalue weighted by molar-refractivity contribution is -0.132. The fourth-order valence-electron chi connectivity index (χ4n) is 0.977. The molecule has 12 heavy (non-hydrogen) atoms. The molecule has 0 saturated heterocycles. The second-order valence-corrected chi connectivity index (χ2v) is 4.16. The lowest BCUT2D eigenvalue weighted by Crippen LogP contribution is -2.11. The summed E-state index contributed by atoms with van der Waals surface area (Å²) in [6.45, 7) is 3.89. The van der Waals surface area contributed by atoms with Crippen molar-refractivity contribution < 1.29 is 9.90 Å². The summed E-state index contributed by atoms with van der Waals surface area (Å²) in [5.74, 6) is -0.784. The van der Waals surface area contributed by atoms with Gasteiger partial charge in [0.1, 0.15) is 0 Å². The third kappa shape index (κ3) is 4.09. The van der Waals surface area contributed by atoms with Crippen LogP contribution in [0.25, 0.3) is 0 Å². The molecule has 1 unspecified atom stereocenters. The van der Waals surface area contributed by atoms with E-state index >= 15 is 0 Å². The van der Waals surface area contributed by atoms with E-state index in [0.717, 1.165) is 19.3 Å². The molecule has 0 fully saturated rings. The molecule has 3 heteroatoms. The first-order valence-corrected chi connectivity index (χ1v) is 5.41. The molecule has 1 atom stereocenters. The highest BCUT2D eigenvalue weighted by Gasteiger charge is 2.15. The highest BCUT2D eigenvalue weighted by molar-refractivity contribution is 14.1. The quantitative estimate of drug-likeness (QED) is 0.478. The zero-order chi connectivity index (χ0) is 9.56. The first kappa shape index (κ1) is 11.9. The molecule has 0 amide bonds. The van der Waals surface area contributed by atoms with E-state index in [2.05, 4.69) is 29.5 Å². The summed E-state index contributed by atoms with van der Waals surface area (Å²) < 4.78 is 0.157. The third-order valence-electron chi connectivity index (χ3n) is 1.71. The van der Waals surface area contributed by atoms with Crippen LogP contribution in [-0.4, -0.2) is 15.0 Å². The highest BCUT2D eigenvalue weighted by atomic mass is 127. The maximum atomic E-state index is 10.7. The fourth-order valence-corrected chi connectivity index (χ4v) is 2.04. The Morgan fingerprint density at radius 2 is 2.25 bits per heavy atom. The van der Waals surface area contributed by atoms with Crippen LogP contribution in [0.5, 0.6) is 0 Å². The molecule has 0 aromatic carbocycles. The predicted molar refractivity (Wildman–Crippen MR) is 58.7 cm³/mol. The van der Waals surface area contributed by atoms with Crippen LogP contribution in [0, 0.1) is 0 Å².